The highest BCUT2D eigenvalue weighted by Crippen LogP contribution is 2.30. The lowest BCUT2D eigenvalue weighted by Crippen LogP contribution is -2.46. The number of ether oxygens (including phenoxy) is 1. The second-order valence-electron chi connectivity index (χ2n) is 9.24. The van der Waals surface area contributed by atoms with E-state index in [-0.39, 0.29) is 18.2 Å². The van der Waals surface area contributed by atoms with Crippen molar-refractivity contribution in [3.8, 4) is 5.75 Å². The van der Waals surface area contributed by atoms with Gasteiger partial charge in [0.05, 0.1) is 12.3 Å². The van der Waals surface area contributed by atoms with Crippen molar-refractivity contribution >= 4 is 40.1 Å². The second-order valence-corrected chi connectivity index (χ2v) is 10.4. The van der Waals surface area contributed by atoms with Crippen molar-refractivity contribution in [2.45, 2.75) is 50.7 Å². The van der Waals surface area contributed by atoms with Crippen LogP contribution in [0.15, 0.2) is 89.9 Å². The SMILES string of the molecule is CCCCCCOc1ccc(NC(=O)C2CC(=O)N(CCc3ccccc3)C(=Nc3ccccc3)S2)cc1. The minimum absolute atomic E-state index is 0.0960. The summed E-state index contributed by atoms with van der Waals surface area (Å²) in [4.78, 5) is 32.9. The predicted octanol–water partition coefficient (Wildman–Crippen LogP) is 6.85. The van der Waals surface area contributed by atoms with Crippen molar-refractivity contribution in [2.24, 2.45) is 4.99 Å². The molecule has 38 heavy (non-hydrogen) atoms. The monoisotopic (exact) mass is 529 g/mol. The summed E-state index contributed by atoms with van der Waals surface area (Å²) >= 11 is 1.34. The topological polar surface area (TPSA) is 71.0 Å². The molecule has 0 radical (unpaired) electrons. The molecule has 4 rings (SSSR count). The molecule has 1 unspecified atom stereocenters. The number of nitrogens with zero attached hydrogens (tertiary/aromatic N) is 2. The standard InChI is InChI=1S/C31H35N3O3S/c1-2-3-4-11-22-37-27-18-16-26(17-19-27)32-30(36)28-23-29(35)34(21-20-24-12-7-5-8-13-24)31(38-28)33-25-14-9-6-10-15-25/h5-10,12-19,28H,2-4,11,20-23H2,1H3,(H,32,36). The molecule has 1 N–H and O–H groups in total. The van der Waals surface area contributed by atoms with Crippen LogP contribution in [0.3, 0.4) is 0 Å². The Balaban J connectivity index is 1.40. The lowest BCUT2D eigenvalue weighted by molar-refractivity contribution is -0.129. The third-order valence-electron chi connectivity index (χ3n) is 6.27. The summed E-state index contributed by atoms with van der Waals surface area (Å²) in [5.74, 6) is 0.481. The molecule has 0 aromatic heterocycles. The van der Waals surface area contributed by atoms with Crippen LogP contribution in [0.1, 0.15) is 44.6 Å². The summed E-state index contributed by atoms with van der Waals surface area (Å²) in [7, 11) is 0. The van der Waals surface area contributed by atoms with Crippen molar-refractivity contribution in [3.05, 3.63) is 90.5 Å². The Labute approximate surface area is 229 Å². The van der Waals surface area contributed by atoms with E-state index >= 15 is 0 Å². The van der Waals surface area contributed by atoms with E-state index in [4.69, 9.17) is 9.73 Å². The summed E-state index contributed by atoms with van der Waals surface area (Å²) in [5.41, 5.74) is 2.57. The highest BCUT2D eigenvalue weighted by molar-refractivity contribution is 8.15. The number of aliphatic imine (C=N–C) groups is 1. The number of amidine groups is 1. The molecular formula is C31H35N3O3S. The van der Waals surface area contributed by atoms with E-state index in [0.717, 1.165) is 23.4 Å². The fourth-order valence-electron chi connectivity index (χ4n) is 4.14. The lowest BCUT2D eigenvalue weighted by atomic mass is 10.1. The third kappa shape index (κ3) is 8.21. The van der Waals surface area contributed by atoms with Gasteiger partial charge in [-0.3, -0.25) is 14.5 Å². The fourth-order valence-corrected chi connectivity index (χ4v) is 5.26. The normalized spacial score (nSPS) is 16.4. The van der Waals surface area contributed by atoms with Gasteiger partial charge in [0.2, 0.25) is 11.8 Å². The maximum absolute atomic E-state index is 13.2. The molecule has 0 aliphatic carbocycles. The number of para-hydroxylation sites is 1. The molecule has 1 saturated heterocycles. The molecule has 0 saturated carbocycles. The van der Waals surface area contributed by atoms with Crippen LogP contribution in [-0.2, 0) is 16.0 Å². The first kappa shape index (κ1) is 27.5. The number of hydrogen-bond acceptors (Lipinski definition) is 5. The fraction of sp³-hybridized carbons (Fsp3) is 0.323. The first-order valence-electron chi connectivity index (χ1n) is 13.3. The summed E-state index contributed by atoms with van der Waals surface area (Å²) in [6, 6.07) is 27.0. The first-order chi connectivity index (χ1) is 18.6. The number of carbonyl (C=O) groups excluding carboxylic acids is 2. The number of rotatable bonds is 12. The summed E-state index contributed by atoms with van der Waals surface area (Å²) in [5, 5.41) is 2.95. The van der Waals surface area contributed by atoms with E-state index in [0.29, 0.717) is 30.4 Å². The zero-order chi connectivity index (χ0) is 26.6. The van der Waals surface area contributed by atoms with Gasteiger partial charge < -0.3 is 10.1 Å². The van der Waals surface area contributed by atoms with Gasteiger partial charge in [-0.2, -0.15) is 0 Å². The van der Waals surface area contributed by atoms with Gasteiger partial charge in [-0.1, -0.05) is 86.5 Å². The molecule has 1 aliphatic heterocycles. The zero-order valence-electron chi connectivity index (χ0n) is 21.8. The number of hydrogen-bond donors (Lipinski definition) is 1. The Hall–Kier alpha value is -3.58. The van der Waals surface area contributed by atoms with E-state index < -0.39 is 5.25 Å². The quantitative estimate of drug-likeness (QED) is 0.261. The molecule has 0 bridgehead atoms. The number of thioether (sulfide) groups is 1. The number of nitrogens with one attached hydrogen (secondary N) is 1. The minimum Gasteiger partial charge on any atom is -0.494 e. The van der Waals surface area contributed by atoms with Crippen molar-refractivity contribution < 1.29 is 14.3 Å². The van der Waals surface area contributed by atoms with Crippen molar-refractivity contribution in [1.29, 1.82) is 0 Å². The van der Waals surface area contributed by atoms with Crippen LogP contribution >= 0.6 is 11.8 Å². The predicted molar refractivity (Wildman–Crippen MR) is 156 cm³/mol. The molecule has 2 amide bonds. The van der Waals surface area contributed by atoms with E-state index in [1.54, 1.807) is 4.90 Å². The zero-order valence-corrected chi connectivity index (χ0v) is 22.7. The molecule has 6 nitrogen and oxygen atoms in total. The Bertz CT molecular complexity index is 1200. The molecule has 3 aromatic rings. The number of benzene rings is 3. The van der Waals surface area contributed by atoms with Gasteiger partial charge in [0, 0.05) is 18.7 Å². The average molecular weight is 530 g/mol. The molecule has 1 heterocycles. The van der Waals surface area contributed by atoms with Crippen LogP contribution in [0.25, 0.3) is 0 Å². The van der Waals surface area contributed by atoms with Crippen molar-refractivity contribution in [1.82, 2.24) is 4.90 Å². The highest BCUT2D eigenvalue weighted by Gasteiger charge is 2.35. The molecule has 1 aliphatic rings. The molecular weight excluding hydrogens is 494 g/mol. The average Bonchev–Trinajstić information content (AvgIpc) is 2.94. The maximum Gasteiger partial charge on any atom is 0.238 e. The van der Waals surface area contributed by atoms with E-state index in [1.165, 1.54) is 31.0 Å². The molecule has 7 heteroatoms. The Kier molecular flexibility index (Phi) is 10.4. The van der Waals surface area contributed by atoms with Gasteiger partial charge in [0.15, 0.2) is 5.17 Å². The summed E-state index contributed by atoms with van der Waals surface area (Å²) in [6.07, 6.45) is 5.46. The van der Waals surface area contributed by atoms with Crippen LogP contribution in [0.2, 0.25) is 0 Å². The number of amides is 2. The van der Waals surface area contributed by atoms with Gasteiger partial charge in [-0.05, 0) is 54.8 Å². The van der Waals surface area contributed by atoms with Gasteiger partial charge in [-0.15, -0.1) is 0 Å². The van der Waals surface area contributed by atoms with E-state index in [2.05, 4.69) is 24.4 Å². The number of anilines is 1. The largest absolute Gasteiger partial charge is 0.494 e. The smallest absolute Gasteiger partial charge is 0.238 e. The van der Waals surface area contributed by atoms with Gasteiger partial charge >= 0.3 is 0 Å². The molecule has 3 aromatic carbocycles. The Morgan fingerprint density at radius 3 is 2.39 bits per heavy atom. The van der Waals surface area contributed by atoms with Crippen LogP contribution < -0.4 is 10.1 Å². The van der Waals surface area contributed by atoms with Crippen LogP contribution in [-0.4, -0.2) is 40.3 Å². The maximum atomic E-state index is 13.2. The molecule has 198 valence electrons. The summed E-state index contributed by atoms with van der Waals surface area (Å²) in [6.45, 7) is 3.39. The number of carbonyl (C=O) groups is 2. The van der Waals surface area contributed by atoms with Crippen molar-refractivity contribution in [3.63, 3.8) is 0 Å². The van der Waals surface area contributed by atoms with Gasteiger partial charge in [0.25, 0.3) is 0 Å². The Morgan fingerprint density at radius 1 is 0.974 bits per heavy atom. The third-order valence-corrected chi connectivity index (χ3v) is 7.46. The molecule has 1 fully saturated rings. The highest BCUT2D eigenvalue weighted by atomic mass is 32.2. The minimum atomic E-state index is -0.563. The first-order valence-corrected chi connectivity index (χ1v) is 14.2. The molecule has 1 atom stereocenters. The summed E-state index contributed by atoms with van der Waals surface area (Å²) < 4.78 is 5.80. The van der Waals surface area contributed by atoms with Crippen LogP contribution in [0.5, 0.6) is 5.75 Å². The second kappa shape index (κ2) is 14.4. The van der Waals surface area contributed by atoms with Crippen molar-refractivity contribution in [2.75, 3.05) is 18.5 Å². The Morgan fingerprint density at radius 2 is 1.68 bits per heavy atom. The van der Waals surface area contributed by atoms with Crippen LogP contribution in [0.4, 0.5) is 11.4 Å². The number of unbranched alkanes of at least 4 members (excludes halogenated alkanes) is 3. The lowest BCUT2D eigenvalue weighted by Gasteiger charge is -2.32. The van der Waals surface area contributed by atoms with E-state index in [1.807, 2.05) is 72.8 Å². The van der Waals surface area contributed by atoms with E-state index in [9.17, 15) is 9.59 Å². The molecule has 0 spiro atoms. The van der Waals surface area contributed by atoms with Gasteiger partial charge in [0.1, 0.15) is 11.0 Å². The van der Waals surface area contributed by atoms with Crippen LogP contribution in [0, 0.1) is 0 Å². The van der Waals surface area contributed by atoms with Gasteiger partial charge in [-0.25, -0.2) is 4.99 Å².